The summed E-state index contributed by atoms with van der Waals surface area (Å²) in [5.74, 6) is -0.502. The van der Waals surface area contributed by atoms with E-state index in [-0.39, 0.29) is 37.1 Å². The number of carbonyl (C=O) groups excluding carboxylic acids is 2. The van der Waals surface area contributed by atoms with E-state index in [1.54, 1.807) is 19.1 Å². The lowest BCUT2D eigenvalue weighted by molar-refractivity contribution is -0.132. The SMILES string of the molecule is COC1CN(C(=O)CNC(=O)CN)CC1OC. The first-order valence-corrected chi connectivity index (χ1v) is 5.42. The van der Waals surface area contributed by atoms with E-state index in [1.807, 2.05) is 0 Å². The second-order valence-electron chi connectivity index (χ2n) is 3.83. The molecule has 0 aliphatic carbocycles. The van der Waals surface area contributed by atoms with E-state index < -0.39 is 0 Å². The first-order valence-electron chi connectivity index (χ1n) is 5.42. The number of rotatable bonds is 5. The molecule has 0 aromatic heterocycles. The molecule has 7 heteroatoms. The molecule has 1 aliphatic heterocycles. The summed E-state index contributed by atoms with van der Waals surface area (Å²) in [4.78, 5) is 24.3. The summed E-state index contributed by atoms with van der Waals surface area (Å²) in [5, 5.41) is 2.44. The van der Waals surface area contributed by atoms with Crippen molar-refractivity contribution in [3.8, 4) is 0 Å². The molecule has 1 rings (SSSR count). The fourth-order valence-corrected chi connectivity index (χ4v) is 1.76. The van der Waals surface area contributed by atoms with Crippen molar-refractivity contribution in [3.63, 3.8) is 0 Å². The molecule has 1 heterocycles. The van der Waals surface area contributed by atoms with Crippen molar-refractivity contribution >= 4 is 11.8 Å². The number of methoxy groups -OCH3 is 2. The minimum absolute atomic E-state index is 0.0388. The Kier molecular flexibility index (Phi) is 5.33. The Hall–Kier alpha value is -1.18. The van der Waals surface area contributed by atoms with Gasteiger partial charge in [0.15, 0.2) is 0 Å². The van der Waals surface area contributed by atoms with Gasteiger partial charge in [-0.2, -0.15) is 0 Å². The van der Waals surface area contributed by atoms with Gasteiger partial charge in [0.25, 0.3) is 0 Å². The molecule has 0 aromatic carbocycles. The minimum Gasteiger partial charge on any atom is -0.377 e. The average Bonchev–Trinajstić information content (AvgIpc) is 2.78. The topological polar surface area (TPSA) is 93.9 Å². The van der Waals surface area contributed by atoms with Crippen LogP contribution in [0, 0.1) is 0 Å². The quantitative estimate of drug-likeness (QED) is 0.580. The van der Waals surface area contributed by atoms with E-state index >= 15 is 0 Å². The molecule has 1 saturated heterocycles. The van der Waals surface area contributed by atoms with Gasteiger partial charge >= 0.3 is 0 Å². The number of likely N-dealkylation sites (tertiary alicyclic amines) is 1. The van der Waals surface area contributed by atoms with Crippen molar-refractivity contribution in [2.75, 3.05) is 40.4 Å². The van der Waals surface area contributed by atoms with Crippen LogP contribution in [0.15, 0.2) is 0 Å². The maximum Gasteiger partial charge on any atom is 0.242 e. The van der Waals surface area contributed by atoms with Crippen LogP contribution in [-0.2, 0) is 19.1 Å². The van der Waals surface area contributed by atoms with Gasteiger partial charge in [-0.05, 0) is 0 Å². The van der Waals surface area contributed by atoms with Crippen molar-refractivity contribution in [2.45, 2.75) is 12.2 Å². The molecule has 7 nitrogen and oxygen atoms in total. The average molecular weight is 245 g/mol. The summed E-state index contributed by atoms with van der Waals surface area (Å²) in [7, 11) is 3.17. The summed E-state index contributed by atoms with van der Waals surface area (Å²) in [6, 6.07) is 0. The number of carbonyl (C=O) groups is 2. The third-order valence-electron chi connectivity index (χ3n) is 2.80. The van der Waals surface area contributed by atoms with Crippen LogP contribution in [0.3, 0.4) is 0 Å². The minimum atomic E-state index is -0.343. The highest BCUT2D eigenvalue weighted by molar-refractivity contribution is 5.85. The maximum atomic E-state index is 11.7. The van der Waals surface area contributed by atoms with Gasteiger partial charge in [-0.15, -0.1) is 0 Å². The highest BCUT2D eigenvalue weighted by atomic mass is 16.5. The Labute approximate surface area is 100 Å². The molecule has 2 atom stereocenters. The Morgan fingerprint density at radius 3 is 2.24 bits per heavy atom. The van der Waals surface area contributed by atoms with Gasteiger partial charge in [0, 0.05) is 27.3 Å². The predicted molar refractivity (Wildman–Crippen MR) is 60.2 cm³/mol. The van der Waals surface area contributed by atoms with E-state index in [9.17, 15) is 9.59 Å². The predicted octanol–water partition coefficient (Wildman–Crippen LogP) is -2.07. The van der Waals surface area contributed by atoms with Gasteiger partial charge in [-0.3, -0.25) is 9.59 Å². The lowest BCUT2D eigenvalue weighted by atomic mass is 10.3. The highest BCUT2D eigenvalue weighted by Gasteiger charge is 2.35. The van der Waals surface area contributed by atoms with Gasteiger partial charge in [0.05, 0.1) is 13.1 Å². The zero-order valence-corrected chi connectivity index (χ0v) is 10.1. The number of nitrogens with two attached hydrogens (primary N) is 1. The number of ether oxygens (including phenoxy) is 2. The summed E-state index contributed by atoms with van der Waals surface area (Å²) >= 11 is 0. The molecule has 0 saturated carbocycles. The van der Waals surface area contributed by atoms with E-state index in [0.29, 0.717) is 13.1 Å². The van der Waals surface area contributed by atoms with E-state index in [4.69, 9.17) is 15.2 Å². The molecule has 1 fully saturated rings. The van der Waals surface area contributed by atoms with Crippen LogP contribution in [0.5, 0.6) is 0 Å². The van der Waals surface area contributed by atoms with Crippen LogP contribution < -0.4 is 11.1 Å². The Bertz CT molecular complexity index is 273. The molecule has 98 valence electrons. The third-order valence-corrected chi connectivity index (χ3v) is 2.80. The van der Waals surface area contributed by atoms with Crippen molar-refractivity contribution in [3.05, 3.63) is 0 Å². The van der Waals surface area contributed by atoms with Crippen molar-refractivity contribution < 1.29 is 19.1 Å². The highest BCUT2D eigenvalue weighted by Crippen LogP contribution is 2.15. The van der Waals surface area contributed by atoms with Crippen LogP contribution in [0.2, 0.25) is 0 Å². The first kappa shape index (κ1) is 13.9. The Morgan fingerprint density at radius 1 is 1.29 bits per heavy atom. The molecule has 0 spiro atoms. The maximum absolute atomic E-state index is 11.7. The molecule has 2 unspecified atom stereocenters. The van der Waals surface area contributed by atoms with Crippen molar-refractivity contribution in [1.82, 2.24) is 10.2 Å². The molecule has 0 aromatic rings. The van der Waals surface area contributed by atoms with Gasteiger partial charge in [0.2, 0.25) is 11.8 Å². The van der Waals surface area contributed by atoms with Crippen LogP contribution >= 0.6 is 0 Å². The largest absolute Gasteiger partial charge is 0.377 e. The van der Waals surface area contributed by atoms with Crippen molar-refractivity contribution in [1.29, 1.82) is 0 Å². The molecule has 0 radical (unpaired) electrons. The smallest absolute Gasteiger partial charge is 0.242 e. The zero-order valence-electron chi connectivity index (χ0n) is 10.1. The van der Waals surface area contributed by atoms with E-state index in [1.165, 1.54) is 0 Å². The summed E-state index contributed by atoms with van der Waals surface area (Å²) in [5.41, 5.74) is 5.12. The fraction of sp³-hybridized carbons (Fsp3) is 0.800. The summed E-state index contributed by atoms with van der Waals surface area (Å²) < 4.78 is 10.4. The number of hydrogen-bond acceptors (Lipinski definition) is 5. The number of nitrogens with one attached hydrogen (secondary N) is 1. The van der Waals surface area contributed by atoms with Gasteiger partial charge in [-0.1, -0.05) is 0 Å². The fourth-order valence-electron chi connectivity index (χ4n) is 1.76. The zero-order chi connectivity index (χ0) is 12.8. The van der Waals surface area contributed by atoms with Crippen LogP contribution in [0.25, 0.3) is 0 Å². The third kappa shape index (κ3) is 3.65. The monoisotopic (exact) mass is 245 g/mol. The summed E-state index contributed by atoms with van der Waals surface area (Å²) in [6.07, 6.45) is -0.233. The standard InChI is InChI=1S/C10H19N3O4/c1-16-7-5-13(6-8(7)17-2)10(15)4-12-9(14)3-11/h7-8H,3-6,11H2,1-2H3,(H,12,14). The van der Waals surface area contributed by atoms with Gasteiger partial charge in [0.1, 0.15) is 12.2 Å². The van der Waals surface area contributed by atoms with Crippen LogP contribution in [-0.4, -0.2) is 69.3 Å². The Balaban J connectivity index is 2.41. The molecule has 1 aliphatic rings. The molecule has 3 N–H and O–H groups in total. The lowest BCUT2D eigenvalue weighted by Crippen LogP contribution is -2.41. The number of nitrogens with zero attached hydrogens (tertiary/aromatic N) is 1. The van der Waals surface area contributed by atoms with Gasteiger partial charge < -0.3 is 25.4 Å². The van der Waals surface area contributed by atoms with E-state index in [0.717, 1.165) is 0 Å². The molecular formula is C10H19N3O4. The number of amides is 2. The second-order valence-corrected chi connectivity index (χ2v) is 3.83. The van der Waals surface area contributed by atoms with E-state index in [2.05, 4.69) is 5.32 Å². The summed E-state index contributed by atoms with van der Waals surface area (Å²) in [6.45, 7) is 0.802. The number of hydrogen-bond donors (Lipinski definition) is 2. The first-order chi connectivity index (χ1) is 8.12. The second kappa shape index (κ2) is 6.53. The van der Waals surface area contributed by atoms with Crippen molar-refractivity contribution in [2.24, 2.45) is 5.73 Å². The normalized spacial score (nSPS) is 23.8. The molecule has 17 heavy (non-hydrogen) atoms. The lowest BCUT2D eigenvalue weighted by Gasteiger charge is -2.15. The van der Waals surface area contributed by atoms with Gasteiger partial charge in [-0.25, -0.2) is 0 Å². The van der Waals surface area contributed by atoms with Crippen LogP contribution in [0.4, 0.5) is 0 Å². The van der Waals surface area contributed by atoms with Crippen LogP contribution in [0.1, 0.15) is 0 Å². The Morgan fingerprint density at radius 2 is 1.82 bits per heavy atom. The molecule has 0 bridgehead atoms. The molecular weight excluding hydrogens is 226 g/mol. The molecule has 2 amide bonds.